The number of hydrogen-bond acceptors (Lipinski definition) is 9. The van der Waals surface area contributed by atoms with E-state index in [9.17, 15) is 29.3 Å². The summed E-state index contributed by atoms with van der Waals surface area (Å²) in [6.07, 6.45) is 4.46. The fourth-order valence-electron chi connectivity index (χ4n) is 9.93. The van der Waals surface area contributed by atoms with Gasteiger partial charge in [0.1, 0.15) is 0 Å². The predicted octanol–water partition coefficient (Wildman–Crippen LogP) is 4.06. The summed E-state index contributed by atoms with van der Waals surface area (Å²) in [4.78, 5) is 35.9. The maximum atomic E-state index is 17.7. The molecule has 1 aromatic heterocycles. The number of aliphatic hydroxyl groups is 2. The molecule has 2 heterocycles. The Morgan fingerprint density at radius 1 is 1.23 bits per heavy atom. The van der Waals surface area contributed by atoms with E-state index in [0.29, 0.717) is 41.8 Å². The second-order valence-electron chi connectivity index (χ2n) is 14.5. The second kappa shape index (κ2) is 11.5. The number of nitrogens with zero attached hydrogens (tertiary/aromatic N) is 1. The van der Waals surface area contributed by atoms with Crippen molar-refractivity contribution in [3.05, 3.63) is 76.6 Å². The van der Waals surface area contributed by atoms with Crippen molar-refractivity contribution in [3.8, 4) is 0 Å². The minimum Gasteiger partial charge on any atom is -0.398 e. The van der Waals surface area contributed by atoms with Crippen molar-refractivity contribution in [3.63, 3.8) is 0 Å². The molecule has 1 saturated heterocycles. The van der Waals surface area contributed by atoms with Crippen LogP contribution in [0.5, 0.6) is 0 Å². The molecule has 2 aromatic rings. The summed E-state index contributed by atoms with van der Waals surface area (Å²) >= 11 is 0. The number of fused-ring (bicyclic) bond motifs is 7. The lowest BCUT2D eigenvalue weighted by molar-refractivity contribution is -0.231. The summed E-state index contributed by atoms with van der Waals surface area (Å²) in [5, 5.41) is 21.3. The fourth-order valence-corrected chi connectivity index (χ4v) is 10.2. The molecule has 10 atom stereocenters. The number of Topliss-reactive ketones (excluding diaryl/α,β-unsaturated/α-hetero) is 1. The number of halogens is 1. The molecule has 1 unspecified atom stereocenters. The van der Waals surface area contributed by atoms with E-state index in [1.54, 1.807) is 19.1 Å². The number of ketones is 2. The van der Waals surface area contributed by atoms with Crippen LogP contribution in [0.2, 0.25) is 0 Å². The van der Waals surface area contributed by atoms with Gasteiger partial charge in [0.05, 0.1) is 24.5 Å². The third-order valence-corrected chi connectivity index (χ3v) is 12.6. The maximum absolute atomic E-state index is 17.7. The van der Waals surface area contributed by atoms with Crippen LogP contribution in [0.25, 0.3) is 0 Å². The highest BCUT2D eigenvalue weighted by atomic mass is 31.1. The molecule has 0 amide bonds. The van der Waals surface area contributed by atoms with E-state index in [2.05, 4.69) is 0 Å². The number of carbonyl (C=O) groups is 2. The van der Waals surface area contributed by atoms with Crippen LogP contribution in [-0.2, 0) is 48.2 Å². The number of nitrogens with two attached hydrogens (primary N) is 1. The third kappa shape index (κ3) is 4.61. The fraction of sp³-hybridized carbons (Fsp3) is 0.543. The summed E-state index contributed by atoms with van der Waals surface area (Å²) in [6.45, 7) is 2.68. The third-order valence-electron chi connectivity index (χ3n) is 12.2. The van der Waals surface area contributed by atoms with Crippen molar-refractivity contribution in [2.75, 3.05) is 12.3 Å². The first-order valence-corrected chi connectivity index (χ1v) is 17.4. The van der Waals surface area contributed by atoms with Gasteiger partial charge in [-0.1, -0.05) is 30.7 Å². The van der Waals surface area contributed by atoms with Gasteiger partial charge < -0.3 is 30.0 Å². The van der Waals surface area contributed by atoms with Crippen LogP contribution in [0, 0.1) is 22.7 Å². The van der Waals surface area contributed by atoms with Crippen LogP contribution in [0.4, 0.5) is 10.1 Å². The number of anilines is 1. The molecule has 5 aliphatic rings. The van der Waals surface area contributed by atoms with Crippen LogP contribution in [0.15, 0.2) is 54.3 Å². The highest BCUT2D eigenvalue weighted by Crippen LogP contribution is 2.72. The average molecular weight is 684 g/mol. The molecule has 4 aliphatic carbocycles. The molecule has 5 N–H and O–H groups in total. The number of benzene rings is 1. The van der Waals surface area contributed by atoms with E-state index >= 15 is 4.39 Å². The zero-order valence-electron chi connectivity index (χ0n) is 27.1. The number of aryl methyl sites for hydroxylation is 1. The Bertz CT molecular complexity index is 1780. The summed E-state index contributed by atoms with van der Waals surface area (Å²) in [6, 6.07) is 7.41. The van der Waals surface area contributed by atoms with Crippen molar-refractivity contribution < 1.29 is 47.6 Å². The molecule has 0 spiro atoms. The number of aliphatic hydroxyl groups excluding tert-OH is 2. The van der Waals surface area contributed by atoms with Gasteiger partial charge in [0.25, 0.3) is 0 Å². The Morgan fingerprint density at radius 2 is 2.00 bits per heavy atom. The van der Waals surface area contributed by atoms with Gasteiger partial charge in [-0.3, -0.25) is 9.59 Å². The second-order valence-corrected chi connectivity index (χ2v) is 15.2. The minimum absolute atomic E-state index is 0.136. The van der Waals surface area contributed by atoms with Crippen molar-refractivity contribution in [1.29, 1.82) is 0 Å². The normalized spacial score (nSPS) is 38.6. The number of carbonyl (C=O) groups excluding carboxylic acids is 2. The quantitative estimate of drug-likeness (QED) is 0.235. The molecule has 48 heavy (non-hydrogen) atoms. The van der Waals surface area contributed by atoms with Gasteiger partial charge in [-0.2, -0.15) is 0 Å². The average Bonchev–Trinajstić information content (AvgIpc) is 3.66. The molecule has 256 valence electrons. The van der Waals surface area contributed by atoms with E-state index < -0.39 is 73.1 Å². The molecule has 4 fully saturated rings. The number of alkyl halides is 1. The molecular weight excluding hydrogens is 642 g/mol. The van der Waals surface area contributed by atoms with Gasteiger partial charge in [-0.25, -0.2) is 4.39 Å². The van der Waals surface area contributed by atoms with E-state index in [0.717, 1.165) is 11.1 Å². The smallest absolute Gasteiger partial charge is 0.398 e. The van der Waals surface area contributed by atoms with Gasteiger partial charge in [0.15, 0.2) is 29.4 Å². The SMILES string of the molecule is Cn1cc(Cc2ccc(CO)c(N)c2)cc1[C@@H]1O[C@@H]2C[C@H]3[C@@H]4CCC5=CC(=O)C=C[C@]5(C)[C@@]4(F)[C@@H](O)C[C@]3(C)[C@]2(C(=O)CO[P+](=O)O)O1. The van der Waals surface area contributed by atoms with Gasteiger partial charge in [0, 0.05) is 45.8 Å². The van der Waals surface area contributed by atoms with Crippen LogP contribution in [0.1, 0.15) is 68.2 Å². The van der Waals surface area contributed by atoms with Crippen LogP contribution >= 0.6 is 8.25 Å². The van der Waals surface area contributed by atoms with Gasteiger partial charge in [0.2, 0.25) is 6.29 Å². The Labute approximate surface area is 278 Å². The number of aromatic nitrogens is 1. The lowest BCUT2D eigenvalue weighted by atomic mass is 9.44. The first-order valence-electron chi connectivity index (χ1n) is 16.3. The van der Waals surface area contributed by atoms with Crippen LogP contribution in [-0.4, -0.2) is 61.3 Å². The van der Waals surface area contributed by atoms with Gasteiger partial charge in [-0.15, -0.1) is 9.42 Å². The molecule has 13 heteroatoms. The minimum atomic E-state index is -3.09. The Balaban J connectivity index is 1.23. The zero-order valence-corrected chi connectivity index (χ0v) is 28.0. The number of allylic oxidation sites excluding steroid dienone is 4. The van der Waals surface area contributed by atoms with Crippen molar-refractivity contribution in [2.24, 2.45) is 29.7 Å². The predicted molar refractivity (Wildman–Crippen MR) is 171 cm³/mol. The van der Waals surface area contributed by atoms with Crippen LogP contribution in [0.3, 0.4) is 0 Å². The van der Waals surface area contributed by atoms with E-state index in [4.69, 9.17) is 19.7 Å². The summed E-state index contributed by atoms with van der Waals surface area (Å²) in [5.41, 5.74) is 4.22. The molecular formula is C35H41FN2O9P+. The first kappa shape index (κ1) is 33.4. The summed E-state index contributed by atoms with van der Waals surface area (Å²) < 4.78 is 49.3. The van der Waals surface area contributed by atoms with Crippen molar-refractivity contribution in [2.45, 2.75) is 82.3 Å². The number of hydrogen-bond donors (Lipinski definition) is 4. The molecule has 3 saturated carbocycles. The number of rotatable bonds is 8. The topological polar surface area (TPSA) is 171 Å². The van der Waals surface area contributed by atoms with Crippen LogP contribution < -0.4 is 5.73 Å². The molecule has 1 aromatic carbocycles. The number of nitrogen functional groups attached to an aromatic ring is 1. The summed E-state index contributed by atoms with van der Waals surface area (Å²) in [7, 11) is -1.25. The molecule has 0 bridgehead atoms. The largest absolute Gasteiger partial charge is 0.695 e. The lowest BCUT2D eigenvalue weighted by Gasteiger charge is -2.62. The van der Waals surface area contributed by atoms with E-state index in [-0.39, 0.29) is 25.2 Å². The van der Waals surface area contributed by atoms with Gasteiger partial charge >= 0.3 is 8.25 Å². The van der Waals surface area contributed by atoms with E-state index in [1.807, 2.05) is 42.9 Å². The molecule has 0 radical (unpaired) electrons. The summed E-state index contributed by atoms with van der Waals surface area (Å²) in [5.74, 6) is -1.95. The molecule has 7 rings (SSSR count). The Morgan fingerprint density at radius 3 is 2.71 bits per heavy atom. The maximum Gasteiger partial charge on any atom is 0.695 e. The standard InChI is InChI=1S/C35H40FN2O9P/c1-32-9-8-23(40)13-22(32)6-7-24-25-14-30-35(29(42)18-45-48(43)44,33(25,2)15-28(41)34(24,32)36)47-31(46-30)27-12-20(16-38(27)3)10-19-4-5-21(17-39)26(37)11-19/h4-5,8-9,11-13,16,24-25,28,30-31,39,41H,6-7,10,14-15,17-18,37H2,1-3H3/p+1/t24-,25-,28-,30+,31+,32-,33-,34-,35+/m0/s1. The lowest BCUT2D eigenvalue weighted by Crippen LogP contribution is -2.69. The number of ether oxygens (including phenoxy) is 2. The Hall–Kier alpha value is -3.09. The van der Waals surface area contributed by atoms with E-state index in [1.165, 1.54) is 12.2 Å². The molecule has 11 nitrogen and oxygen atoms in total. The highest BCUT2D eigenvalue weighted by Gasteiger charge is 2.79. The highest BCUT2D eigenvalue weighted by molar-refractivity contribution is 7.32. The Kier molecular flexibility index (Phi) is 7.99. The molecule has 1 aliphatic heterocycles. The zero-order chi connectivity index (χ0) is 34.4. The van der Waals surface area contributed by atoms with Crippen molar-refractivity contribution >= 4 is 25.5 Å². The van der Waals surface area contributed by atoms with Gasteiger partial charge in [-0.05, 0) is 80.4 Å². The first-order chi connectivity index (χ1) is 22.7. The van der Waals surface area contributed by atoms with Crippen molar-refractivity contribution in [1.82, 2.24) is 4.57 Å². The monoisotopic (exact) mass is 683 g/mol.